The van der Waals surface area contributed by atoms with E-state index < -0.39 is 0 Å². The third kappa shape index (κ3) is 5.77. The highest BCUT2D eigenvalue weighted by molar-refractivity contribution is 5.30. The maximum atomic E-state index is 5.53. The second kappa shape index (κ2) is 9.23. The van der Waals surface area contributed by atoms with Crippen molar-refractivity contribution in [2.75, 3.05) is 47.5 Å². The summed E-state index contributed by atoms with van der Waals surface area (Å²) in [6.45, 7) is 5.76. The minimum Gasteiger partial charge on any atom is -0.497 e. The third-order valence-corrected chi connectivity index (χ3v) is 4.40. The predicted molar refractivity (Wildman–Crippen MR) is 94.1 cm³/mol. The summed E-state index contributed by atoms with van der Waals surface area (Å²) in [6.07, 6.45) is 1.08. The minimum atomic E-state index is 0.322. The van der Waals surface area contributed by atoms with Crippen LogP contribution in [0.3, 0.4) is 0 Å². The first-order valence-electron chi connectivity index (χ1n) is 8.45. The van der Waals surface area contributed by atoms with Gasteiger partial charge in [0.05, 0.1) is 20.3 Å². The molecule has 0 radical (unpaired) electrons. The van der Waals surface area contributed by atoms with Gasteiger partial charge in [0.15, 0.2) is 0 Å². The number of rotatable bonds is 8. The lowest BCUT2D eigenvalue weighted by atomic mass is 10.0. The van der Waals surface area contributed by atoms with Crippen molar-refractivity contribution in [3.05, 3.63) is 29.8 Å². The zero-order valence-corrected chi connectivity index (χ0v) is 14.8. The van der Waals surface area contributed by atoms with E-state index in [2.05, 4.69) is 54.8 Å². The number of hydrogen-bond acceptors (Lipinski definition) is 5. The van der Waals surface area contributed by atoms with Gasteiger partial charge in [0, 0.05) is 31.2 Å². The highest BCUT2D eigenvalue weighted by Gasteiger charge is 2.19. The second-order valence-electron chi connectivity index (χ2n) is 6.53. The van der Waals surface area contributed by atoms with Gasteiger partial charge in [-0.25, -0.2) is 0 Å². The average Bonchev–Trinajstić information content (AvgIpc) is 2.56. The van der Waals surface area contributed by atoms with Crippen molar-refractivity contribution < 1.29 is 9.47 Å². The number of nitrogens with one attached hydrogen (secondary N) is 2. The molecule has 23 heavy (non-hydrogen) atoms. The monoisotopic (exact) mass is 321 g/mol. The summed E-state index contributed by atoms with van der Waals surface area (Å²) in [4.78, 5) is 2.25. The summed E-state index contributed by atoms with van der Waals surface area (Å²) in [6, 6.07) is 9.55. The fourth-order valence-electron chi connectivity index (χ4n) is 3.04. The molecule has 0 bridgehead atoms. The molecule has 5 heteroatoms. The number of morpholine rings is 1. The van der Waals surface area contributed by atoms with Gasteiger partial charge >= 0.3 is 0 Å². The van der Waals surface area contributed by atoms with Gasteiger partial charge in [-0.1, -0.05) is 12.1 Å². The zero-order valence-electron chi connectivity index (χ0n) is 14.8. The third-order valence-electron chi connectivity index (χ3n) is 4.40. The minimum absolute atomic E-state index is 0.322. The molecule has 0 amide bonds. The predicted octanol–water partition coefficient (Wildman–Crippen LogP) is 1.65. The fraction of sp³-hybridized carbons (Fsp3) is 0.667. The van der Waals surface area contributed by atoms with Gasteiger partial charge in [-0.05, 0) is 45.1 Å². The van der Waals surface area contributed by atoms with Crippen LogP contribution in [0.2, 0.25) is 0 Å². The molecule has 3 unspecified atom stereocenters. The van der Waals surface area contributed by atoms with Crippen LogP contribution in [0, 0.1) is 0 Å². The SMILES string of the molecule is COc1cccc(C(CNC(C)CC2COCCN2)N(C)C)c1. The summed E-state index contributed by atoms with van der Waals surface area (Å²) >= 11 is 0. The highest BCUT2D eigenvalue weighted by Crippen LogP contribution is 2.22. The zero-order chi connectivity index (χ0) is 16.7. The summed E-state index contributed by atoms with van der Waals surface area (Å²) in [5, 5.41) is 7.18. The average molecular weight is 321 g/mol. The Labute approximate surface area is 140 Å². The molecule has 0 aliphatic carbocycles. The van der Waals surface area contributed by atoms with Crippen LogP contribution in [0.5, 0.6) is 5.75 Å². The number of hydrogen-bond donors (Lipinski definition) is 2. The quantitative estimate of drug-likeness (QED) is 0.762. The molecule has 1 aliphatic heterocycles. The molecule has 0 aromatic heterocycles. The van der Waals surface area contributed by atoms with Crippen molar-refractivity contribution in [1.82, 2.24) is 15.5 Å². The molecule has 5 nitrogen and oxygen atoms in total. The lowest BCUT2D eigenvalue weighted by Gasteiger charge is -2.30. The first-order chi connectivity index (χ1) is 11.1. The molecular weight excluding hydrogens is 290 g/mol. The van der Waals surface area contributed by atoms with Gasteiger partial charge in [0.2, 0.25) is 0 Å². The van der Waals surface area contributed by atoms with Gasteiger partial charge in [0.1, 0.15) is 5.75 Å². The van der Waals surface area contributed by atoms with Gasteiger partial charge in [-0.3, -0.25) is 0 Å². The molecule has 2 rings (SSSR count). The van der Waals surface area contributed by atoms with Crippen LogP contribution in [0.1, 0.15) is 24.9 Å². The van der Waals surface area contributed by atoms with Crippen LogP contribution in [-0.2, 0) is 4.74 Å². The summed E-state index contributed by atoms with van der Waals surface area (Å²) < 4.78 is 10.9. The molecule has 1 aromatic carbocycles. The van der Waals surface area contributed by atoms with Crippen molar-refractivity contribution in [2.24, 2.45) is 0 Å². The van der Waals surface area contributed by atoms with Crippen molar-refractivity contribution in [3.8, 4) is 5.75 Å². The van der Waals surface area contributed by atoms with Crippen LogP contribution in [0.4, 0.5) is 0 Å². The first-order valence-corrected chi connectivity index (χ1v) is 8.45. The van der Waals surface area contributed by atoms with Crippen LogP contribution in [0.15, 0.2) is 24.3 Å². The normalized spacial score (nSPS) is 21.2. The smallest absolute Gasteiger partial charge is 0.119 e. The van der Waals surface area contributed by atoms with Crippen molar-refractivity contribution in [2.45, 2.75) is 31.5 Å². The van der Waals surface area contributed by atoms with E-state index in [-0.39, 0.29) is 0 Å². The number of methoxy groups -OCH3 is 1. The van der Waals surface area contributed by atoms with Gasteiger partial charge < -0.3 is 25.0 Å². The van der Waals surface area contributed by atoms with E-state index in [9.17, 15) is 0 Å². The van der Waals surface area contributed by atoms with Gasteiger partial charge in [0.25, 0.3) is 0 Å². The van der Waals surface area contributed by atoms with Crippen LogP contribution in [-0.4, -0.2) is 64.5 Å². The van der Waals surface area contributed by atoms with E-state index in [0.717, 1.165) is 38.5 Å². The molecule has 3 atom stereocenters. The van der Waals surface area contributed by atoms with Crippen molar-refractivity contribution >= 4 is 0 Å². The second-order valence-corrected chi connectivity index (χ2v) is 6.53. The molecule has 0 spiro atoms. The van der Waals surface area contributed by atoms with Crippen LogP contribution >= 0.6 is 0 Å². The Morgan fingerprint density at radius 1 is 1.43 bits per heavy atom. The number of nitrogens with zero attached hydrogens (tertiary/aromatic N) is 1. The molecule has 1 saturated heterocycles. The Morgan fingerprint density at radius 3 is 2.91 bits per heavy atom. The Kier molecular flexibility index (Phi) is 7.30. The van der Waals surface area contributed by atoms with E-state index in [1.807, 2.05) is 6.07 Å². The maximum Gasteiger partial charge on any atom is 0.119 e. The highest BCUT2D eigenvalue weighted by atomic mass is 16.5. The fourth-order valence-corrected chi connectivity index (χ4v) is 3.04. The Balaban J connectivity index is 1.88. The summed E-state index contributed by atoms with van der Waals surface area (Å²) in [5.74, 6) is 0.908. The topological polar surface area (TPSA) is 45.8 Å². The molecule has 1 heterocycles. The van der Waals surface area contributed by atoms with E-state index in [4.69, 9.17) is 9.47 Å². The molecule has 0 saturated carbocycles. The molecular formula is C18H31N3O2. The summed E-state index contributed by atoms with van der Waals surface area (Å²) in [5.41, 5.74) is 1.27. The van der Waals surface area contributed by atoms with Gasteiger partial charge in [-0.2, -0.15) is 0 Å². The standard InChI is InChI=1S/C18H31N3O2/c1-14(10-16-13-23-9-8-19-16)20-12-18(21(2)3)15-6-5-7-17(11-15)22-4/h5-7,11,14,16,18-20H,8-10,12-13H2,1-4H3. The Bertz CT molecular complexity index is 461. The number of ether oxygens (including phenoxy) is 2. The van der Waals surface area contributed by atoms with E-state index in [1.54, 1.807) is 7.11 Å². The van der Waals surface area contributed by atoms with Crippen molar-refractivity contribution in [1.29, 1.82) is 0 Å². The molecule has 2 N–H and O–H groups in total. The lowest BCUT2D eigenvalue weighted by Crippen LogP contribution is -2.46. The Morgan fingerprint density at radius 2 is 2.26 bits per heavy atom. The largest absolute Gasteiger partial charge is 0.497 e. The number of benzene rings is 1. The van der Waals surface area contributed by atoms with Crippen LogP contribution < -0.4 is 15.4 Å². The Hall–Kier alpha value is -1.14. The summed E-state index contributed by atoms with van der Waals surface area (Å²) in [7, 11) is 5.95. The molecule has 1 fully saturated rings. The lowest BCUT2D eigenvalue weighted by molar-refractivity contribution is 0.0709. The molecule has 1 aromatic rings. The molecule has 130 valence electrons. The molecule has 1 aliphatic rings. The van der Waals surface area contributed by atoms with Crippen molar-refractivity contribution in [3.63, 3.8) is 0 Å². The van der Waals surface area contributed by atoms with E-state index >= 15 is 0 Å². The number of likely N-dealkylation sites (N-methyl/N-ethyl adjacent to an activating group) is 1. The maximum absolute atomic E-state index is 5.53. The first kappa shape index (κ1) is 18.2. The van der Waals surface area contributed by atoms with E-state index in [0.29, 0.717) is 18.1 Å². The van der Waals surface area contributed by atoms with Gasteiger partial charge in [-0.15, -0.1) is 0 Å². The van der Waals surface area contributed by atoms with Crippen LogP contribution in [0.25, 0.3) is 0 Å². The van der Waals surface area contributed by atoms with E-state index in [1.165, 1.54) is 5.56 Å².